The normalized spacial score (nSPS) is 11.7. The van der Waals surface area contributed by atoms with E-state index in [0.29, 0.717) is 11.3 Å². The van der Waals surface area contributed by atoms with E-state index < -0.39 is 29.6 Å². The van der Waals surface area contributed by atoms with Gasteiger partial charge in [-0.05, 0) is 60.2 Å². The first-order chi connectivity index (χ1) is 15.9. The summed E-state index contributed by atoms with van der Waals surface area (Å²) in [5.41, 5.74) is 8.02. The number of aromatic nitrogens is 1. The Kier molecular flexibility index (Phi) is 6.17. The molecule has 7 nitrogen and oxygen atoms in total. The van der Waals surface area contributed by atoms with Gasteiger partial charge in [-0.3, -0.25) is 14.4 Å². The minimum Gasteiger partial charge on any atom is -0.366 e. The van der Waals surface area contributed by atoms with Gasteiger partial charge in [-0.25, -0.2) is 4.39 Å². The number of halogens is 1. The highest BCUT2D eigenvalue weighted by Crippen LogP contribution is 2.20. The SMILES string of the molecule is NC(=O)c1ccc(NC(=O)C(Cc2c[nH]c3ccccc23)NC(=O)c2ccc(F)cc2)cc1. The lowest BCUT2D eigenvalue weighted by Crippen LogP contribution is -2.45. The molecule has 0 saturated heterocycles. The Morgan fingerprint density at radius 1 is 0.909 bits per heavy atom. The van der Waals surface area contributed by atoms with Crippen molar-refractivity contribution in [2.75, 3.05) is 5.32 Å². The van der Waals surface area contributed by atoms with Crippen molar-refractivity contribution in [2.24, 2.45) is 5.73 Å². The number of carbonyl (C=O) groups is 3. The van der Waals surface area contributed by atoms with E-state index in [0.717, 1.165) is 16.5 Å². The number of primary amides is 1. The number of amides is 3. The predicted octanol–water partition coefficient (Wildman–Crippen LogP) is 3.39. The monoisotopic (exact) mass is 444 g/mol. The molecule has 1 atom stereocenters. The fourth-order valence-corrected chi connectivity index (χ4v) is 3.52. The highest BCUT2D eigenvalue weighted by molar-refractivity contribution is 6.02. The van der Waals surface area contributed by atoms with Gasteiger partial charge in [-0.1, -0.05) is 18.2 Å². The maximum absolute atomic E-state index is 13.2. The van der Waals surface area contributed by atoms with Gasteiger partial charge in [0.1, 0.15) is 11.9 Å². The Balaban J connectivity index is 1.58. The summed E-state index contributed by atoms with van der Waals surface area (Å²) in [7, 11) is 0. The number of hydrogen-bond donors (Lipinski definition) is 4. The van der Waals surface area contributed by atoms with E-state index in [1.54, 1.807) is 18.3 Å². The lowest BCUT2D eigenvalue weighted by Gasteiger charge is -2.19. The largest absolute Gasteiger partial charge is 0.366 e. The number of aromatic amines is 1. The number of hydrogen-bond acceptors (Lipinski definition) is 3. The van der Waals surface area contributed by atoms with Crippen molar-refractivity contribution in [2.45, 2.75) is 12.5 Å². The van der Waals surface area contributed by atoms with Crippen molar-refractivity contribution >= 4 is 34.3 Å². The van der Waals surface area contributed by atoms with Gasteiger partial charge in [-0.2, -0.15) is 0 Å². The van der Waals surface area contributed by atoms with Crippen LogP contribution in [0, 0.1) is 5.82 Å². The molecular formula is C25H21FN4O3. The molecule has 3 aromatic carbocycles. The number of benzene rings is 3. The zero-order valence-corrected chi connectivity index (χ0v) is 17.5. The fraction of sp³-hybridized carbons (Fsp3) is 0.0800. The minimum atomic E-state index is -0.919. The Labute approximate surface area is 188 Å². The van der Waals surface area contributed by atoms with Crippen LogP contribution in [0.3, 0.4) is 0 Å². The van der Waals surface area contributed by atoms with Crippen LogP contribution in [0.15, 0.2) is 79.0 Å². The van der Waals surface area contributed by atoms with E-state index in [-0.39, 0.29) is 12.0 Å². The third kappa shape index (κ3) is 5.07. The van der Waals surface area contributed by atoms with Crippen LogP contribution in [-0.2, 0) is 11.2 Å². The fourth-order valence-electron chi connectivity index (χ4n) is 3.52. The van der Waals surface area contributed by atoms with Crippen molar-refractivity contribution in [1.82, 2.24) is 10.3 Å². The van der Waals surface area contributed by atoms with Crippen molar-refractivity contribution in [3.8, 4) is 0 Å². The lowest BCUT2D eigenvalue weighted by atomic mass is 10.0. The molecule has 8 heteroatoms. The van der Waals surface area contributed by atoms with E-state index in [2.05, 4.69) is 15.6 Å². The quantitative estimate of drug-likeness (QED) is 0.350. The number of nitrogens with two attached hydrogens (primary N) is 1. The van der Waals surface area contributed by atoms with Gasteiger partial charge in [0.2, 0.25) is 11.8 Å². The molecule has 0 fully saturated rings. The first-order valence-corrected chi connectivity index (χ1v) is 10.2. The third-order valence-corrected chi connectivity index (χ3v) is 5.26. The highest BCUT2D eigenvalue weighted by Gasteiger charge is 2.23. The molecule has 33 heavy (non-hydrogen) atoms. The first kappa shape index (κ1) is 21.8. The van der Waals surface area contributed by atoms with Gasteiger partial charge in [0, 0.05) is 40.3 Å². The number of fused-ring (bicyclic) bond motifs is 1. The number of anilines is 1. The second-order valence-corrected chi connectivity index (χ2v) is 7.53. The Morgan fingerprint density at radius 2 is 1.58 bits per heavy atom. The molecule has 1 heterocycles. The van der Waals surface area contributed by atoms with E-state index >= 15 is 0 Å². The first-order valence-electron chi connectivity index (χ1n) is 10.2. The van der Waals surface area contributed by atoms with Gasteiger partial charge in [0.15, 0.2) is 0 Å². The number of H-pyrrole nitrogens is 1. The molecule has 0 bridgehead atoms. The Hall–Kier alpha value is -4.46. The summed E-state index contributed by atoms with van der Waals surface area (Å²) < 4.78 is 13.2. The second kappa shape index (κ2) is 9.35. The standard InChI is InChI=1S/C25H21FN4O3/c26-18-9-5-16(6-10-18)24(32)30-22(13-17-14-28-21-4-2-1-3-20(17)21)25(33)29-19-11-7-15(8-12-19)23(27)31/h1-12,14,22,28H,13H2,(H2,27,31)(H,29,33)(H,30,32). The average molecular weight is 444 g/mol. The van der Waals surface area contributed by atoms with E-state index in [4.69, 9.17) is 5.73 Å². The van der Waals surface area contributed by atoms with Crippen molar-refractivity contribution in [3.05, 3.63) is 102 Å². The molecule has 0 aliphatic carbocycles. The summed E-state index contributed by atoms with van der Waals surface area (Å²) in [6.07, 6.45) is 2.03. The molecule has 4 aromatic rings. The predicted molar refractivity (Wildman–Crippen MR) is 123 cm³/mol. The average Bonchev–Trinajstić information content (AvgIpc) is 3.22. The minimum absolute atomic E-state index is 0.224. The van der Waals surface area contributed by atoms with Crippen LogP contribution in [0.5, 0.6) is 0 Å². The van der Waals surface area contributed by atoms with Gasteiger partial charge in [0.05, 0.1) is 0 Å². The Morgan fingerprint density at radius 3 is 2.27 bits per heavy atom. The molecule has 0 saturated carbocycles. The number of rotatable bonds is 7. The molecule has 1 aromatic heterocycles. The van der Waals surface area contributed by atoms with Gasteiger partial charge in [0.25, 0.3) is 5.91 Å². The van der Waals surface area contributed by atoms with Gasteiger partial charge >= 0.3 is 0 Å². The zero-order valence-electron chi connectivity index (χ0n) is 17.5. The van der Waals surface area contributed by atoms with Crippen LogP contribution in [0.1, 0.15) is 26.3 Å². The van der Waals surface area contributed by atoms with Crippen LogP contribution in [-0.4, -0.2) is 28.7 Å². The lowest BCUT2D eigenvalue weighted by molar-refractivity contribution is -0.118. The van der Waals surface area contributed by atoms with Crippen molar-refractivity contribution in [3.63, 3.8) is 0 Å². The smallest absolute Gasteiger partial charge is 0.251 e. The van der Waals surface area contributed by atoms with E-state index in [9.17, 15) is 18.8 Å². The van der Waals surface area contributed by atoms with Crippen LogP contribution < -0.4 is 16.4 Å². The topological polar surface area (TPSA) is 117 Å². The summed E-state index contributed by atoms with van der Waals surface area (Å²) in [5.74, 6) is -1.97. The number of nitrogens with one attached hydrogen (secondary N) is 3. The number of para-hydroxylation sites is 1. The van der Waals surface area contributed by atoms with E-state index in [1.165, 1.54) is 36.4 Å². The molecule has 0 aliphatic heterocycles. The molecule has 1 unspecified atom stereocenters. The maximum Gasteiger partial charge on any atom is 0.251 e. The summed E-state index contributed by atoms with van der Waals surface area (Å²) >= 11 is 0. The summed E-state index contributed by atoms with van der Waals surface area (Å²) in [6.45, 7) is 0. The maximum atomic E-state index is 13.2. The van der Waals surface area contributed by atoms with Crippen LogP contribution >= 0.6 is 0 Å². The molecular weight excluding hydrogens is 423 g/mol. The molecule has 5 N–H and O–H groups in total. The molecule has 4 rings (SSSR count). The zero-order chi connectivity index (χ0) is 23.4. The molecule has 166 valence electrons. The van der Waals surface area contributed by atoms with Crippen LogP contribution in [0.4, 0.5) is 10.1 Å². The molecule has 0 aliphatic rings. The van der Waals surface area contributed by atoms with Gasteiger partial charge < -0.3 is 21.4 Å². The molecule has 3 amide bonds. The Bertz CT molecular complexity index is 1310. The summed E-state index contributed by atoms with van der Waals surface area (Å²) in [4.78, 5) is 40.3. The van der Waals surface area contributed by atoms with Crippen molar-refractivity contribution in [1.29, 1.82) is 0 Å². The third-order valence-electron chi connectivity index (χ3n) is 5.26. The molecule has 0 radical (unpaired) electrons. The van der Waals surface area contributed by atoms with Crippen molar-refractivity contribution < 1.29 is 18.8 Å². The highest BCUT2D eigenvalue weighted by atomic mass is 19.1. The van der Waals surface area contributed by atoms with Crippen LogP contribution in [0.2, 0.25) is 0 Å². The number of carbonyl (C=O) groups excluding carboxylic acids is 3. The summed E-state index contributed by atoms with van der Waals surface area (Å²) in [5, 5.41) is 6.44. The van der Waals surface area contributed by atoms with E-state index in [1.807, 2.05) is 24.3 Å². The summed E-state index contributed by atoms with van der Waals surface area (Å²) in [6, 6.07) is 17.9. The van der Waals surface area contributed by atoms with Crippen LogP contribution in [0.25, 0.3) is 10.9 Å². The van der Waals surface area contributed by atoms with Gasteiger partial charge in [-0.15, -0.1) is 0 Å². The second-order valence-electron chi connectivity index (χ2n) is 7.53. The molecule has 0 spiro atoms.